The van der Waals surface area contributed by atoms with E-state index in [0.29, 0.717) is 6.04 Å². The molecule has 2 rings (SSSR count). The summed E-state index contributed by atoms with van der Waals surface area (Å²) in [4.78, 5) is 0. The van der Waals surface area contributed by atoms with Crippen LogP contribution < -0.4 is 5.32 Å². The van der Waals surface area contributed by atoms with E-state index < -0.39 is 0 Å². The number of rotatable bonds is 6. The lowest BCUT2D eigenvalue weighted by Crippen LogP contribution is -2.29. The predicted octanol–water partition coefficient (Wildman–Crippen LogP) is 4.46. The van der Waals surface area contributed by atoms with Gasteiger partial charge in [-0.3, -0.25) is 0 Å². The van der Waals surface area contributed by atoms with Gasteiger partial charge in [0.15, 0.2) is 0 Å². The predicted molar refractivity (Wildman–Crippen MR) is 87.2 cm³/mol. The molecule has 1 N–H and O–H groups in total. The Hall–Kier alpha value is -1.67. The Balaban J connectivity index is 2.24. The second-order valence-corrected chi connectivity index (χ2v) is 5.91. The fourth-order valence-electron chi connectivity index (χ4n) is 2.58. The third-order valence-electron chi connectivity index (χ3n) is 3.85. The molecule has 0 bridgehead atoms. The molecule has 1 unspecified atom stereocenters. The molecule has 1 atom stereocenters. The first-order valence-electron chi connectivity index (χ1n) is 7.60. The van der Waals surface area contributed by atoms with Crippen LogP contribution in [0.15, 0.2) is 48.5 Å². The second-order valence-electron chi connectivity index (χ2n) is 5.91. The van der Waals surface area contributed by atoms with Gasteiger partial charge in [0.05, 0.1) is 0 Å². The standard InChI is InChI=1S/C19H24FN/c1-14(2)21-13-17(18-10-6-7-11-19(18)20)12-16-9-5-4-8-15(16)3/h4-11,14,17,21H,12-13H2,1-3H3. The average Bonchev–Trinajstić information content (AvgIpc) is 2.46. The minimum Gasteiger partial charge on any atom is -0.314 e. The number of halogens is 1. The lowest BCUT2D eigenvalue weighted by Gasteiger charge is -2.21. The van der Waals surface area contributed by atoms with Crippen molar-refractivity contribution < 1.29 is 4.39 Å². The largest absolute Gasteiger partial charge is 0.314 e. The van der Waals surface area contributed by atoms with Crippen molar-refractivity contribution in [3.63, 3.8) is 0 Å². The van der Waals surface area contributed by atoms with Crippen LogP contribution in [0.5, 0.6) is 0 Å². The molecular formula is C19H24FN. The molecule has 0 fully saturated rings. The van der Waals surface area contributed by atoms with E-state index in [1.54, 1.807) is 12.1 Å². The molecule has 0 aliphatic rings. The molecule has 1 nitrogen and oxygen atoms in total. The highest BCUT2D eigenvalue weighted by Crippen LogP contribution is 2.24. The Morgan fingerprint density at radius 1 is 1.00 bits per heavy atom. The number of hydrogen-bond donors (Lipinski definition) is 1. The average molecular weight is 285 g/mol. The molecule has 2 heteroatoms. The van der Waals surface area contributed by atoms with Crippen molar-refractivity contribution in [2.75, 3.05) is 6.54 Å². The fraction of sp³-hybridized carbons (Fsp3) is 0.368. The van der Waals surface area contributed by atoms with Crippen molar-refractivity contribution in [3.05, 3.63) is 71.0 Å². The van der Waals surface area contributed by atoms with Crippen LogP contribution in [0.4, 0.5) is 4.39 Å². The summed E-state index contributed by atoms with van der Waals surface area (Å²) in [5.41, 5.74) is 3.36. The van der Waals surface area contributed by atoms with E-state index >= 15 is 0 Å². The zero-order chi connectivity index (χ0) is 15.2. The maximum atomic E-state index is 14.1. The molecule has 2 aromatic carbocycles. The number of nitrogens with one attached hydrogen (secondary N) is 1. The third-order valence-corrected chi connectivity index (χ3v) is 3.85. The maximum absolute atomic E-state index is 14.1. The summed E-state index contributed by atoms with van der Waals surface area (Å²) >= 11 is 0. The Labute approximate surface area is 127 Å². The SMILES string of the molecule is Cc1ccccc1CC(CNC(C)C)c1ccccc1F. The highest BCUT2D eigenvalue weighted by Gasteiger charge is 2.17. The summed E-state index contributed by atoms with van der Waals surface area (Å²) in [7, 11) is 0. The summed E-state index contributed by atoms with van der Waals surface area (Å²) < 4.78 is 14.1. The topological polar surface area (TPSA) is 12.0 Å². The number of aryl methyl sites for hydroxylation is 1. The van der Waals surface area contributed by atoms with Crippen molar-refractivity contribution in [1.29, 1.82) is 0 Å². The van der Waals surface area contributed by atoms with Gasteiger partial charge in [-0.2, -0.15) is 0 Å². The van der Waals surface area contributed by atoms with Crippen LogP contribution in [0.2, 0.25) is 0 Å². The summed E-state index contributed by atoms with van der Waals surface area (Å²) in [5.74, 6) is 0.0383. The molecule has 0 amide bonds. The van der Waals surface area contributed by atoms with Crippen LogP contribution in [0.1, 0.15) is 36.5 Å². The van der Waals surface area contributed by atoms with E-state index in [0.717, 1.165) is 18.5 Å². The first kappa shape index (κ1) is 15.7. The second kappa shape index (κ2) is 7.37. The molecule has 2 aromatic rings. The zero-order valence-corrected chi connectivity index (χ0v) is 13.1. The zero-order valence-electron chi connectivity index (χ0n) is 13.1. The van der Waals surface area contributed by atoms with Gasteiger partial charge in [-0.1, -0.05) is 56.3 Å². The van der Waals surface area contributed by atoms with E-state index in [9.17, 15) is 4.39 Å². The van der Waals surface area contributed by atoms with E-state index in [-0.39, 0.29) is 11.7 Å². The lowest BCUT2D eigenvalue weighted by atomic mass is 9.89. The quantitative estimate of drug-likeness (QED) is 0.826. The van der Waals surface area contributed by atoms with E-state index in [4.69, 9.17) is 0 Å². The third kappa shape index (κ3) is 4.40. The molecular weight excluding hydrogens is 261 g/mol. The Morgan fingerprint density at radius 3 is 2.33 bits per heavy atom. The van der Waals surface area contributed by atoms with Gasteiger partial charge < -0.3 is 5.32 Å². The van der Waals surface area contributed by atoms with Gasteiger partial charge in [0.2, 0.25) is 0 Å². The number of hydrogen-bond acceptors (Lipinski definition) is 1. The highest BCUT2D eigenvalue weighted by atomic mass is 19.1. The van der Waals surface area contributed by atoms with Crippen LogP contribution in [-0.2, 0) is 6.42 Å². The molecule has 112 valence electrons. The van der Waals surface area contributed by atoms with Crippen molar-refractivity contribution in [2.45, 2.75) is 39.2 Å². The fourth-order valence-corrected chi connectivity index (χ4v) is 2.58. The van der Waals surface area contributed by atoms with Gasteiger partial charge in [-0.15, -0.1) is 0 Å². The van der Waals surface area contributed by atoms with Crippen molar-refractivity contribution in [1.82, 2.24) is 5.32 Å². The molecule has 0 aromatic heterocycles. The van der Waals surface area contributed by atoms with Crippen LogP contribution in [-0.4, -0.2) is 12.6 Å². The number of benzene rings is 2. The van der Waals surface area contributed by atoms with E-state index in [2.05, 4.69) is 44.3 Å². The maximum Gasteiger partial charge on any atom is 0.126 e. The van der Waals surface area contributed by atoms with E-state index in [1.165, 1.54) is 11.1 Å². The van der Waals surface area contributed by atoms with Crippen LogP contribution in [0.25, 0.3) is 0 Å². The Kier molecular flexibility index (Phi) is 5.51. The Morgan fingerprint density at radius 2 is 1.67 bits per heavy atom. The molecule has 0 saturated heterocycles. The molecule has 0 radical (unpaired) electrons. The molecule has 0 heterocycles. The monoisotopic (exact) mass is 285 g/mol. The summed E-state index contributed by atoms with van der Waals surface area (Å²) in [5, 5.41) is 3.44. The summed E-state index contributed by atoms with van der Waals surface area (Å²) in [6.45, 7) is 7.13. The van der Waals surface area contributed by atoms with Gasteiger partial charge in [0.1, 0.15) is 5.82 Å². The Bertz CT molecular complexity index is 577. The molecule has 0 saturated carbocycles. The van der Waals surface area contributed by atoms with Crippen molar-refractivity contribution in [2.24, 2.45) is 0 Å². The molecule has 0 aliphatic carbocycles. The van der Waals surface area contributed by atoms with Crippen LogP contribution >= 0.6 is 0 Å². The normalized spacial score (nSPS) is 12.6. The van der Waals surface area contributed by atoms with Gasteiger partial charge >= 0.3 is 0 Å². The lowest BCUT2D eigenvalue weighted by molar-refractivity contribution is 0.505. The van der Waals surface area contributed by atoms with Gasteiger partial charge in [-0.25, -0.2) is 4.39 Å². The first-order valence-corrected chi connectivity index (χ1v) is 7.60. The van der Waals surface area contributed by atoms with Crippen LogP contribution in [0, 0.1) is 12.7 Å². The molecule has 0 spiro atoms. The minimum atomic E-state index is -0.110. The van der Waals surface area contributed by atoms with Gasteiger partial charge in [-0.05, 0) is 36.1 Å². The van der Waals surface area contributed by atoms with Crippen LogP contribution in [0.3, 0.4) is 0 Å². The van der Waals surface area contributed by atoms with Crippen molar-refractivity contribution in [3.8, 4) is 0 Å². The first-order chi connectivity index (χ1) is 10.1. The van der Waals surface area contributed by atoms with E-state index in [1.807, 2.05) is 18.2 Å². The van der Waals surface area contributed by atoms with Gasteiger partial charge in [0, 0.05) is 18.5 Å². The summed E-state index contributed by atoms with van der Waals surface area (Å²) in [6, 6.07) is 15.9. The van der Waals surface area contributed by atoms with Crippen molar-refractivity contribution >= 4 is 0 Å². The summed E-state index contributed by atoms with van der Waals surface area (Å²) in [6.07, 6.45) is 0.854. The minimum absolute atomic E-state index is 0.110. The molecule has 0 aliphatic heterocycles. The highest BCUT2D eigenvalue weighted by molar-refractivity contribution is 5.30. The molecule has 21 heavy (non-hydrogen) atoms. The van der Waals surface area contributed by atoms with Gasteiger partial charge in [0.25, 0.3) is 0 Å². The smallest absolute Gasteiger partial charge is 0.126 e.